The van der Waals surface area contributed by atoms with Gasteiger partial charge in [0.05, 0.1) is 11.1 Å². The highest BCUT2D eigenvalue weighted by Crippen LogP contribution is 2.31. The molecule has 1 aromatic carbocycles. The lowest BCUT2D eigenvalue weighted by Gasteiger charge is -1.94. The summed E-state index contributed by atoms with van der Waals surface area (Å²) in [4.78, 5) is 7.14. The van der Waals surface area contributed by atoms with Crippen molar-refractivity contribution in [1.82, 2.24) is 9.97 Å². The highest BCUT2D eigenvalue weighted by molar-refractivity contribution is 5.81. The summed E-state index contributed by atoms with van der Waals surface area (Å²) < 4.78 is 32.4. The Morgan fingerprint density at radius 2 is 1.84 bits per heavy atom. The number of nitrogens with one attached hydrogen (secondary N) is 1. The Labute approximate surface area is 108 Å². The summed E-state index contributed by atoms with van der Waals surface area (Å²) in [5.41, 5.74) is 2.21. The third-order valence-electron chi connectivity index (χ3n) is 3.34. The van der Waals surface area contributed by atoms with E-state index in [0.29, 0.717) is 17.1 Å². The molecule has 2 aromatic heterocycles. The second-order valence-corrected chi connectivity index (χ2v) is 4.56. The number of furan rings is 1. The number of fused-ring (bicyclic) bond motifs is 1. The summed E-state index contributed by atoms with van der Waals surface area (Å²) in [5, 5.41) is 0. The van der Waals surface area contributed by atoms with Crippen LogP contribution in [0.15, 0.2) is 16.5 Å². The van der Waals surface area contributed by atoms with Crippen LogP contribution in [-0.4, -0.2) is 9.97 Å². The van der Waals surface area contributed by atoms with E-state index in [1.807, 2.05) is 20.8 Å². The van der Waals surface area contributed by atoms with E-state index in [2.05, 4.69) is 9.97 Å². The zero-order valence-electron chi connectivity index (χ0n) is 10.8. The van der Waals surface area contributed by atoms with Crippen molar-refractivity contribution in [2.24, 2.45) is 0 Å². The summed E-state index contributed by atoms with van der Waals surface area (Å²) in [6, 6.07) is 2.56. The van der Waals surface area contributed by atoms with Crippen LogP contribution in [0.1, 0.15) is 17.1 Å². The van der Waals surface area contributed by atoms with Crippen molar-refractivity contribution in [3.8, 4) is 11.4 Å². The molecule has 0 spiro atoms. The summed E-state index contributed by atoms with van der Waals surface area (Å²) in [6.45, 7) is 5.58. The number of hydrogen-bond donors (Lipinski definition) is 1. The normalized spacial score (nSPS) is 11.4. The largest absolute Gasteiger partial charge is 0.466 e. The summed E-state index contributed by atoms with van der Waals surface area (Å²) in [6.07, 6.45) is 0. The molecule has 3 aromatic rings. The van der Waals surface area contributed by atoms with Crippen molar-refractivity contribution in [3.63, 3.8) is 0 Å². The maximum absolute atomic E-state index is 13.7. The summed E-state index contributed by atoms with van der Waals surface area (Å²) >= 11 is 0. The van der Waals surface area contributed by atoms with Gasteiger partial charge >= 0.3 is 0 Å². The van der Waals surface area contributed by atoms with Crippen LogP contribution in [-0.2, 0) is 0 Å². The van der Waals surface area contributed by atoms with E-state index >= 15 is 0 Å². The van der Waals surface area contributed by atoms with Gasteiger partial charge in [-0.2, -0.15) is 0 Å². The molecule has 3 rings (SSSR count). The SMILES string of the molecule is Cc1oc(C)c(-c2nc3c(F)c(F)ccc3[nH]2)c1C. The number of imidazole rings is 1. The van der Waals surface area contributed by atoms with Gasteiger partial charge < -0.3 is 9.40 Å². The Kier molecular flexibility index (Phi) is 2.45. The molecule has 0 aliphatic heterocycles. The molecule has 0 atom stereocenters. The predicted octanol–water partition coefficient (Wildman–Crippen LogP) is 4.03. The quantitative estimate of drug-likeness (QED) is 0.719. The van der Waals surface area contributed by atoms with Gasteiger partial charge in [0.25, 0.3) is 0 Å². The van der Waals surface area contributed by atoms with Gasteiger partial charge in [0, 0.05) is 5.56 Å². The molecule has 0 aliphatic carbocycles. The molecule has 0 aliphatic rings. The minimum atomic E-state index is -0.935. The van der Waals surface area contributed by atoms with Crippen LogP contribution in [0.5, 0.6) is 0 Å². The van der Waals surface area contributed by atoms with Crippen LogP contribution in [0, 0.1) is 32.4 Å². The van der Waals surface area contributed by atoms with Gasteiger partial charge in [-0.3, -0.25) is 0 Å². The standard InChI is InChI=1S/C14H12F2N2O/c1-6-7(2)19-8(3)11(6)14-17-10-5-4-9(15)12(16)13(10)18-14/h4-5H,1-3H3,(H,17,18). The first kappa shape index (κ1) is 11.9. The highest BCUT2D eigenvalue weighted by Gasteiger charge is 2.18. The molecule has 0 fully saturated rings. The number of nitrogens with zero attached hydrogens (tertiary/aromatic N) is 1. The lowest BCUT2D eigenvalue weighted by atomic mass is 10.1. The fraction of sp³-hybridized carbons (Fsp3) is 0.214. The van der Waals surface area contributed by atoms with Crippen molar-refractivity contribution >= 4 is 11.0 Å². The van der Waals surface area contributed by atoms with Crippen LogP contribution in [0.25, 0.3) is 22.4 Å². The molecule has 3 nitrogen and oxygen atoms in total. The molecule has 98 valence electrons. The number of halogens is 2. The number of hydrogen-bond acceptors (Lipinski definition) is 2. The van der Waals surface area contributed by atoms with Crippen molar-refractivity contribution in [2.75, 3.05) is 0 Å². The number of benzene rings is 1. The minimum absolute atomic E-state index is 0.00709. The van der Waals surface area contributed by atoms with Gasteiger partial charge in [-0.1, -0.05) is 0 Å². The second-order valence-electron chi connectivity index (χ2n) is 4.56. The molecule has 0 unspecified atom stereocenters. The molecule has 19 heavy (non-hydrogen) atoms. The first-order chi connectivity index (χ1) is 8.99. The smallest absolute Gasteiger partial charge is 0.186 e. The number of aromatic nitrogens is 2. The molecule has 2 heterocycles. The number of aromatic amines is 1. The second kappa shape index (κ2) is 3.91. The topological polar surface area (TPSA) is 41.8 Å². The third kappa shape index (κ3) is 1.65. The highest BCUT2D eigenvalue weighted by atomic mass is 19.2. The van der Waals surface area contributed by atoms with Crippen LogP contribution < -0.4 is 0 Å². The van der Waals surface area contributed by atoms with Crippen molar-refractivity contribution in [1.29, 1.82) is 0 Å². The van der Waals surface area contributed by atoms with Crippen molar-refractivity contribution in [3.05, 3.63) is 40.9 Å². The summed E-state index contributed by atoms with van der Waals surface area (Å²) in [7, 11) is 0. The van der Waals surface area contributed by atoms with Gasteiger partial charge in [0.1, 0.15) is 22.9 Å². The maximum atomic E-state index is 13.7. The van der Waals surface area contributed by atoms with E-state index in [0.717, 1.165) is 23.0 Å². The van der Waals surface area contributed by atoms with Crippen LogP contribution in [0.2, 0.25) is 0 Å². The molecular weight excluding hydrogens is 250 g/mol. The molecule has 1 N–H and O–H groups in total. The average Bonchev–Trinajstić information content (AvgIpc) is 2.87. The molecule has 0 radical (unpaired) electrons. The monoisotopic (exact) mass is 262 g/mol. The predicted molar refractivity (Wildman–Crippen MR) is 67.9 cm³/mol. The van der Waals surface area contributed by atoms with E-state index in [-0.39, 0.29) is 5.52 Å². The average molecular weight is 262 g/mol. The molecule has 0 saturated carbocycles. The molecule has 5 heteroatoms. The van der Waals surface area contributed by atoms with E-state index in [4.69, 9.17) is 4.42 Å². The van der Waals surface area contributed by atoms with Gasteiger partial charge in [-0.05, 0) is 32.9 Å². The Morgan fingerprint density at radius 1 is 1.11 bits per heavy atom. The number of rotatable bonds is 1. The maximum Gasteiger partial charge on any atom is 0.186 e. The van der Waals surface area contributed by atoms with Gasteiger partial charge in [-0.25, -0.2) is 13.8 Å². The Hall–Kier alpha value is -2.17. The summed E-state index contributed by atoms with van der Waals surface area (Å²) in [5.74, 6) is 0.152. The first-order valence-electron chi connectivity index (χ1n) is 5.89. The Bertz CT molecular complexity index is 786. The zero-order valence-corrected chi connectivity index (χ0v) is 10.8. The number of aryl methyl sites for hydroxylation is 2. The van der Waals surface area contributed by atoms with Gasteiger partial charge in [0.2, 0.25) is 0 Å². The lowest BCUT2D eigenvalue weighted by molar-refractivity contribution is 0.503. The zero-order chi connectivity index (χ0) is 13.7. The molecular formula is C14H12F2N2O. The fourth-order valence-electron chi connectivity index (χ4n) is 2.28. The Balaban J connectivity index is 2.29. The lowest BCUT2D eigenvalue weighted by Crippen LogP contribution is -1.85. The number of H-pyrrole nitrogens is 1. The van der Waals surface area contributed by atoms with E-state index in [1.165, 1.54) is 6.07 Å². The molecule has 0 bridgehead atoms. The van der Waals surface area contributed by atoms with E-state index in [1.54, 1.807) is 0 Å². The van der Waals surface area contributed by atoms with Crippen LogP contribution in [0.3, 0.4) is 0 Å². The third-order valence-corrected chi connectivity index (χ3v) is 3.34. The van der Waals surface area contributed by atoms with Gasteiger partial charge in [-0.15, -0.1) is 0 Å². The minimum Gasteiger partial charge on any atom is -0.466 e. The van der Waals surface area contributed by atoms with Crippen molar-refractivity contribution < 1.29 is 13.2 Å². The van der Waals surface area contributed by atoms with Crippen molar-refractivity contribution in [2.45, 2.75) is 20.8 Å². The van der Waals surface area contributed by atoms with Gasteiger partial charge in [0.15, 0.2) is 11.6 Å². The van der Waals surface area contributed by atoms with E-state index in [9.17, 15) is 8.78 Å². The Morgan fingerprint density at radius 3 is 2.47 bits per heavy atom. The van der Waals surface area contributed by atoms with Crippen LogP contribution in [0.4, 0.5) is 8.78 Å². The first-order valence-corrected chi connectivity index (χ1v) is 5.89. The molecule has 0 amide bonds. The van der Waals surface area contributed by atoms with E-state index < -0.39 is 11.6 Å². The van der Waals surface area contributed by atoms with Crippen LogP contribution >= 0.6 is 0 Å². The fourth-order valence-corrected chi connectivity index (χ4v) is 2.28. The molecule has 0 saturated heterocycles.